The summed E-state index contributed by atoms with van der Waals surface area (Å²) in [6.45, 7) is 3.28. The van der Waals surface area contributed by atoms with Gasteiger partial charge in [-0.2, -0.15) is 4.31 Å². The molecule has 1 aromatic heterocycles. The van der Waals surface area contributed by atoms with E-state index in [9.17, 15) is 18.0 Å². The molecule has 2 heterocycles. The molecule has 8 nitrogen and oxygen atoms in total. The van der Waals surface area contributed by atoms with Crippen molar-refractivity contribution in [1.82, 2.24) is 9.21 Å². The third kappa shape index (κ3) is 5.19. The van der Waals surface area contributed by atoms with Gasteiger partial charge in [-0.15, -0.1) is 11.3 Å². The molecule has 2 aliphatic rings. The third-order valence-electron chi connectivity index (χ3n) is 6.20. The van der Waals surface area contributed by atoms with Gasteiger partial charge in [0.2, 0.25) is 15.9 Å². The number of nitrogens with zero attached hydrogens (tertiary/aromatic N) is 2. The van der Waals surface area contributed by atoms with E-state index in [0.29, 0.717) is 36.7 Å². The Hall–Kier alpha value is -2.53. The Labute approximate surface area is 198 Å². The van der Waals surface area contributed by atoms with Crippen LogP contribution in [0.5, 0.6) is 0 Å². The standard InChI is InChI=1S/C23H28N4O4S2/c1-16(22(29)25-23-20(21(24)28)18-8-5-9-19(18)32-23)26-11-13-27(14-12-26)33(30,31)15-10-17-6-3-2-4-7-17/h2-4,6-7,10,15-16H,5,8-9,11-14H2,1H3,(H2,24,28)(H,25,29)/b15-10+. The lowest BCUT2D eigenvalue weighted by molar-refractivity contribution is -0.121. The number of aryl methyl sites for hydroxylation is 1. The number of piperazine rings is 1. The number of rotatable bonds is 7. The van der Waals surface area contributed by atoms with Crippen molar-refractivity contribution in [2.75, 3.05) is 31.5 Å². The van der Waals surface area contributed by atoms with Crippen LogP contribution in [0.4, 0.5) is 5.00 Å². The van der Waals surface area contributed by atoms with Gasteiger partial charge in [-0.1, -0.05) is 30.3 Å². The normalized spacial score (nSPS) is 18.3. The Morgan fingerprint density at radius 2 is 1.82 bits per heavy atom. The summed E-state index contributed by atoms with van der Waals surface area (Å²) in [5.41, 5.74) is 7.81. The lowest BCUT2D eigenvalue weighted by Crippen LogP contribution is -2.53. The van der Waals surface area contributed by atoms with Crippen molar-refractivity contribution < 1.29 is 18.0 Å². The molecule has 1 aliphatic heterocycles. The molecule has 1 unspecified atom stereocenters. The van der Waals surface area contributed by atoms with Crippen LogP contribution in [0.3, 0.4) is 0 Å². The van der Waals surface area contributed by atoms with Crippen molar-refractivity contribution in [1.29, 1.82) is 0 Å². The number of nitrogens with two attached hydrogens (primary N) is 1. The Morgan fingerprint density at radius 3 is 2.48 bits per heavy atom. The Kier molecular flexibility index (Phi) is 6.99. The van der Waals surface area contributed by atoms with E-state index in [1.165, 1.54) is 21.1 Å². The van der Waals surface area contributed by atoms with Crippen LogP contribution in [-0.4, -0.2) is 61.7 Å². The molecule has 0 spiro atoms. The highest BCUT2D eigenvalue weighted by atomic mass is 32.2. The van der Waals surface area contributed by atoms with Crippen molar-refractivity contribution in [3.05, 3.63) is 57.3 Å². The van der Waals surface area contributed by atoms with Crippen molar-refractivity contribution >= 4 is 44.3 Å². The van der Waals surface area contributed by atoms with Crippen LogP contribution in [0.2, 0.25) is 0 Å². The predicted octanol–water partition coefficient (Wildman–Crippen LogP) is 2.28. The summed E-state index contributed by atoms with van der Waals surface area (Å²) in [5.74, 6) is -0.738. The first-order chi connectivity index (χ1) is 15.8. The number of thiophene rings is 1. The van der Waals surface area contributed by atoms with Gasteiger partial charge in [0.25, 0.3) is 5.91 Å². The van der Waals surface area contributed by atoms with Gasteiger partial charge in [0.05, 0.1) is 11.6 Å². The minimum atomic E-state index is -3.54. The molecular weight excluding hydrogens is 460 g/mol. The zero-order valence-electron chi connectivity index (χ0n) is 18.5. The molecule has 4 rings (SSSR count). The SMILES string of the molecule is CC(C(=O)Nc1sc2c(c1C(N)=O)CCC2)N1CCN(S(=O)(=O)/C=C/c2ccccc2)CC1. The van der Waals surface area contributed by atoms with E-state index < -0.39 is 22.0 Å². The van der Waals surface area contributed by atoms with E-state index in [-0.39, 0.29) is 5.91 Å². The molecule has 33 heavy (non-hydrogen) atoms. The Morgan fingerprint density at radius 1 is 1.12 bits per heavy atom. The number of benzene rings is 1. The number of amides is 2. The minimum Gasteiger partial charge on any atom is -0.365 e. The fraction of sp³-hybridized carbons (Fsp3) is 0.391. The monoisotopic (exact) mass is 488 g/mol. The maximum absolute atomic E-state index is 12.9. The second kappa shape index (κ2) is 9.76. The van der Waals surface area contributed by atoms with Gasteiger partial charge in [-0.25, -0.2) is 8.42 Å². The fourth-order valence-electron chi connectivity index (χ4n) is 4.30. The number of anilines is 1. The van der Waals surface area contributed by atoms with E-state index in [4.69, 9.17) is 5.73 Å². The summed E-state index contributed by atoms with van der Waals surface area (Å²) in [6.07, 6.45) is 4.30. The minimum absolute atomic E-state index is 0.224. The quantitative estimate of drug-likeness (QED) is 0.621. The molecule has 2 aromatic rings. The summed E-state index contributed by atoms with van der Waals surface area (Å²) >= 11 is 1.43. The van der Waals surface area contributed by atoms with E-state index in [1.807, 2.05) is 35.2 Å². The number of sulfonamides is 1. The highest BCUT2D eigenvalue weighted by Crippen LogP contribution is 2.39. The lowest BCUT2D eigenvalue weighted by atomic mass is 10.1. The number of hydrogen-bond donors (Lipinski definition) is 2. The van der Waals surface area contributed by atoms with Crippen LogP contribution in [-0.2, 0) is 27.7 Å². The fourth-order valence-corrected chi connectivity index (χ4v) is 6.77. The molecule has 0 saturated carbocycles. The largest absolute Gasteiger partial charge is 0.365 e. The van der Waals surface area contributed by atoms with Crippen molar-refractivity contribution in [2.45, 2.75) is 32.2 Å². The zero-order valence-corrected chi connectivity index (χ0v) is 20.1. The first-order valence-electron chi connectivity index (χ1n) is 11.0. The topological polar surface area (TPSA) is 113 Å². The van der Waals surface area contributed by atoms with E-state index in [1.54, 1.807) is 13.0 Å². The summed E-state index contributed by atoms with van der Waals surface area (Å²) in [7, 11) is -3.54. The second-order valence-electron chi connectivity index (χ2n) is 8.28. The number of carbonyl (C=O) groups is 2. The van der Waals surface area contributed by atoms with E-state index in [2.05, 4.69) is 5.32 Å². The van der Waals surface area contributed by atoms with Crippen LogP contribution in [0, 0.1) is 0 Å². The van der Waals surface area contributed by atoms with Crippen molar-refractivity contribution in [3.8, 4) is 0 Å². The smallest absolute Gasteiger partial charge is 0.251 e. The summed E-state index contributed by atoms with van der Waals surface area (Å²) in [5, 5.41) is 4.65. The average Bonchev–Trinajstić information content (AvgIpc) is 3.38. The molecule has 176 valence electrons. The number of fused-ring (bicyclic) bond motifs is 1. The molecule has 0 bridgehead atoms. The first kappa shape index (κ1) is 23.6. The van der Waals surface area contributed by atoms with E-state index in [0.717, 1.165) is 35.3 Å². The molecule has 1 atom stereocenters. The molecule has 1 aromatic carbocycles. The first-order valence-corrected chi connectivity index (χ1v) is 13.3. The van der Waals surface area contributed by atoms with Crippen molar-refractivity contribution in [3.63, 3.8) is 0 Å². The molecule has 10 heteroatoms. The number of nitrogens with one attached hydrogen (secondary N) is 1. The molecule has 1 saturated heterocycles. The molecule has 0 radical (unpaired) electrons. The van der Waals surface area contributed by atoms with Gasteiger partial charge in [0.1, 0.15) is 5.00 Å². The van der Waals surface area contributed by atoms with Crippen LogP contribution in [0.25, 0.3) is 6.08 Å². The van der Waals surface area contributed by atoms with Gasteiger partial charge < -0.3 is 11.1 Å². The van der Waals surface area contributed by atoms with Crippen LogP contribution in [0.15, 0.2) is 35.7 Å². The summed E-state index contributed by atoms with van der Waals surface area (Å²) in [6, 6.07) is 8.81. The number of carbonyl (C=O) groups excluding carboxylic acids is 2. The van der Waals surface area contributed by atoms with Gasteiger partial charge in [-0.05, 0) is 43.4 Å². The molecule has 1 fully saturated rings. The second-order valence-corrected chi connectivity index (χ2v) is 11.2. The van der Waals surface area contributed by atoms with Gasteiger partial charge >= 0.3 is 0 Å². The molecular formula is C23H28N4O4S2. The summed E-state index contributed by atoms with van der Waals surface area (Å²) < 4.78 is 26.8. The van der Waals surface area contributed by atoms with E-state index >= 15 is 0 Å². The van der Waals surface area contributed by atoms with Gasteiger partial charge in [-0.3, -0.25) is 14.5 Å². The van der Waals surface area contributed by atoms with Crippen molar-refractivity contribution in [2.24, 2.45) is 5.73 Å². The van der Waals surface area contributed by atoms with Crippen LogP contribution in [0.1, 0.15) is 39.7 Å². The van der Waals surface area contributed by atoms with Gasteiger partial charge in [0, 0.05) is 36.5 Å². The van der Waals surface area contributed by atoms with Crippen LogP contribution >= 0.6 is 11.3 Å². The maximum Gasteiger partial charge on any atom is 0.251 e. The summed E-state index contributed by atoms with van der Waals surface area (Å²) in [4.78, 5) is 28.0. The third-order valence-corrected chi connectivity index (χ3v) is 8.97. The predicted molar refractivity (Wildman–Crippen MR) is 130 cm³/mol. The molecule has 3 N–H and O–H groups in total. The average molecular weight is 489 g/mol. The Balaban J connectivity index is 1.36. The zero-order chi connectivity index (χ0) is 23.6. The lowest BCUT2D eigenvalue weighted by Gasteiger charge is -2.36. The van der Waals surface area contributed by atoms with Crippen LogP contribution < -0.4 is 11.1 Å². The number of hydrogen-bond acceptors (Lipinski definition) is 6. The molecule has 2 amide bonds. The molecule has 1 aliphatic carbocycles. The maximum atomic E-state index is 12.9. The highest BCUT2D eigenvalue weighted by molar-refractivity contribution is 7.92. The Bertz CT molecular complexity index is 1170. The van der Waals surface area contributed by atoms with Gasteiger partial charge in [0.15, 0.2) is 0 Å². The highest BCUT2D eigenvalue weighted by Gasteiger charge is 2.31. The number of primary amides is 1.